The minimum absolute atomic E-state index is 0.210. The molecule has 5 rings (SSSR count). The van der Waals surface area contributed by atoms with Gasteiger partial charge in [0.05, 0.1) is 0 Å². The molecule has 2 aromatic rings. The summed E-state index contributed by atoms with van der Waals surface area (Å²) in [6.07, 6.45) is 1.64. The average Bonchev–Trinajstić information content (AvgIpc) is 2.68. The molecule has 1 N–H and O–H groups in total. The minimum atomic E-state index is -0.386. The fourth-order valence-corrected chi connectivity index (χ4v) is 4.01. The van der Waals surface area contributed by atoms with Crippen molar-refractivity contribution in [1.29, 1.82) is 0 Å². The molecule has 3 saturated heterocycles. The van der Waals surface area contributed by atoms with E-state index in [1.54, 1.807) is 0 Å². The summed E-state index contributed by atoms with van der Waals surface area (Å²) < 4.78 is 5.86. The highest BCUT2D eigenvalue weighted by Crippen LogP contribution is 2.29. The minimum Gasteiger partial charge on any atom is -0.436 e. The molecule has 0 radical (unpaired) electrons. The molecule has 0 aromatic heterocycles. The van der Waals surface area contributed by atoms with Gasteiger partial charge in [0.1, 0.15) is 0 Å². The molecule has 25 heavy (non-hydrogen) atoms. The van der Waals surface area contributed by atoms with Gasteiger partial charge in [0, 0.05) is 12.6 Å². The summed E-state index contributed by atoms with van der Waals surface area (Å²) in [6.45, 7) is 3.27. The van der Waals surface area contributed by atoms with E-state index in [1.807, 2.05) is 60.7 Å². The van der Waals surface area contributed by atoms with E-state index in [-0.39, 0.29) is 18.2 Å². The Bertz CT molecular complexity index is 657. The molecule has 1 unspecified atom stereocenters. The number of alkyl carbamates (subject to hydrolysis) is 1. The van der Waals surface area contributed by atoms with E-state index >= 15 is 0 Å². The van der Waals surface area contributed by atoms with Crippen LogP contribution in [0, 0.1) is 5.92 Å². The molecule has 3 heterocycles. The molecule has 130 valence electrons. The third-order valence-corrected chi connectivity index (χ3v) is 5.39. The fourth-order valence-electron chi connectivity index (χ4n) is 4.01. The van der Waals surface area contributed by atoms with Crippen molar-refractivity contribution in [2.75, 3.05) is 19.6 Å². The van der Waals surface area contributed by atoms with Crippen molar-refractivity contribution in [3.63, 3.8) is 0 Å². The highest BCUT2D eigenvalue weighted by Gasteiger charge is 2.35. The van der Waals surface area contributed by atoms with Crippen LogP contribution in [0.1, 0.15) is 30.1 Å². The van der Waals surface area contributed by atoms with Crippen LogP contribution in [-0.4, -0.2) is 36.7 Å². The number of nitrogens with one attached hydrogen (secondary N) is 1. The summed E-state index contributed by atoms with van der Waals surface area (Å²) >= 11 is 0. The Kier molecular flexibility index (Phi) is 4.70. The van der Waals surface area contributed by atoms with E-state index in [0.29, 0.717) is 5.92 Å². The van der Waals surface area contributed by atoms with E-state index in [2.05, 4.69) is 10.2 Å². The SMILES string of the molecule is O=C(NC1CN2CCC1CC2)OC(c1ccccc1)c1ccccc1. The Hall–Kier alpha value is -2.33. The van der Waals surface area contributed by atoms with Crippen molar-refractivity contribution < 1.29 is 9.53 Å². The second kappa shape index (κ2) is 7.28. The predicted octanol–water partition coefficient (Wildman–Crippen LogP) is 3.60. The molecule has 3 aliphatic rings. The van der Waals surface area contributed by atoms with Gasteiger partial charge in [-0.15, -0.1) is 0 Å². The lowest BCUT2D eigenvalue weighted by molar-refractivity contribution is 0.0593. The van der Waals surface area contributed by atoms with E-state index in [4.69, 9.17) is 4.74 Å². The Morgan fingerprint density at radius 3 is 2.00 bits per heavy atom. The van der Waals surface area contributed by atoms with Crippen LogP contribution in [0.15, 0.2) is 60.7 Å². The van der Waals surface area contributed by atoms with Gasteiger partial charge in [0.25, 0.3) is 0 Å². The molecule has 2 bridgehead atoms. The summed E-state index contributed by atoms with van der Waals surface area (Å²) in [7, 11) is 0. The van der Waals surface area contributed by atoms with E-state index in [0.717, 1.165) is 30.8 Å². The van der Waals surface area contributed by atoms with Crippen LogP contribution in [0.3, 0.4) is 0 Å². The first-order valence-corrected chi connectivity index (χ1v) is 9.09. The number of nitrogens with zero attached hydrogens (tertiary/aromatic N) is 1. The Morgan fingerprint density at radius 1 is 0.960 bits per heavy atom. The largest absolute Gasteiger partial charge is 0.436 e. The molecule has 4 heteroatoms. The van der Waals surface area contributed by atoms with Gasteiger partial charge in [-0.25, -0.2) is 4.79 Å². The van der Waals surface area contributed by atoms with Gasteiger partial charge >= 0.3 is 6.09 Å². The zero-order valence-corrected chi connectivity index (χ0v) is 14.3. The lowest BCUT2D eigenvalue weighted by atomic mass is 9.84. The van der Waals surface area contributed by atoms with E-state index in [9.17, 15) is 4.79 Å². The third kappa shape index (κ3) is 3.69. The van der Waals surface area contributed by atoms with Gasteiger partial charge in [0.15, 0.2) is 6.10 Å². The molecule has 4 nitrogen and oxygen atoms in total. The van der Waals surface area contributed by atoms with Crippen LogP contribution >= 0.6 is 0 Å². The maximum atomic E-state index is 12.6. The van der Waals surface area contributed by atoms with Crippen LogP contribution in [0.25, 0.3) is 0 Å². The van der Waals surface area contributed by atoms with Crippen molar-refractivity contribution in [2.24, 2.45) is 5.92 Å². The number of fused-ring (bicyclic) bond motifs is 3. The number of hydrogen-bond donors (Lipinski definition) is 1. The number of ether oxygens (including phenoxy) is 1. The first-order chi connectivity index (χ1) is 12.3. The maximum absolute atomic E-state index is 12.6. The number of carbonyl (C=O) groups is 1. The first-order valence-electron chi connectivity index (χ1n) is 9.09. The molecule has 3 aliphatic heterocycles. The van der Waals surface area contributed by atoms with Crippen LogP contribution in [0.4, 0.5) is 4.79 Å². The monoisotopic (exact) mass is 336 g/mol. The Balaban J connectivity index is 1.48. The number of rotatable bonds is 4. The molecule has 0 saturated carbocycles. The first kappa shape index (κ1) is 16.2. The number of carbonyl (C=O) groups excluding carboxylic acids is 1. The molecule has 1 amide bonds. The second-order valence-corrected chi connectivity index (χ2v) is 7.00. The maximum Gasteiger partial charge on any atom is 0.408 e. The van der Waals surface area contributed by atoms with Crippen LogP contribution in [0.2, 0.25) is 0 Å². The molecule has 2 aromatic carbocycles. The Morgan fingerprint density at radius 2 is 1.52 bits per heavy atom. The van der Waals surface area contributed by atoms with Crippen LogP contribution in [-0.2, 0) is 4.74 Å². The standard InChI is InChI=1S/C21H24N2O2/c24-21(22-19-15-23-13-11-16(19)12-14-23)25-20(17-7-3-1-4-8-17)18-9-5-2-6-10-18/h1-10,16,19-20H,11-15H2,(H,22,24). The molecule has 0 spiro atoms. The van der Waals surface area contributed by atoms with Crippen LogP contribution in [0.5, 0.6) is 0 Å². The summed E-state index contributed by atoms with van der Waals surface area (Å²) in [6, 6.07) is 20.0. The van der Waals surface area contributed by atoms with E-state index < -0.39 is 0 Å². The van der Waals surface area contributed by atoms with Gasteiger partial charge in [-0.2, -0.15) is 0 Å². The quantitative estimate of drug-likeness (QED) is 0.927. The molecular weight excluding hydrogens is 312 g/mol. The van der Waals surface area contributed by atoms with Gasteiger partial charge in [-0.05, 0) is 43.0 Å². The summed E-state index contributed by atoms with van der Waals surface area (Å²) in [4.78, 5) is 15.0. The van der Waals surface area contributed by atoms with Crippen LogP contribution < -0.4 is 5.32 Å². The zero-order valence-electron chi connectivity index (χ0n) is 14.3. The van der Waals surface area contributed by atoms with Crippen molar-refractivity contribution in [3.05, 3.63) is 71.8 Å². The second-order valence-electron chi connectivity index (χ2n) is 7.00. The molecular formula is C21H24N2O2. The third-order valence-electron chi connectivity index (χ3n) is 5.39. The fraction of sp³-hybridized carbons (Fsp3) is 0.381. The summed E-state index contributed by atoms with van der Waals surface area (Å²) in [5.41, 5.74) is 1.97. The Labute approximate surface area is 148 Å². The topological polar surface area (TPSA) is 41.6 Å². The van der Waals surface area contributed by atoms with Crippen molar-refractivity contribution in [3.8, 4) is 0 Å². The summed E-state index contributed by atoms with van der Waals surface area (Å²) in [5, 5.41) is 3.12. The number of hydrogen-bond acceptors (Lipinski definition) is 3. The number of amides is 1. The normalized spacial score (nSPS) is 24.9. The lowest BCUT2D eigenvalue weighted by Crippen LogP contribution is -2.57. The molecule has 1 atom stereocenters. The average molecular weight is 336 g/mol. The summed E-state index contributed by atoms with van der Waals surface area (Å²) in [5.74, 6) is 0.587. The molecule has 0 aliphatic carbocycles. The van der Waals surface area contributed by atoms with Gasteiger partial charge in [0.2, 0.25) is 0 Å². The highest BCUT2D eigenvalue weighted by molar-refractivity contribution is 5.68. The number of benzene rings is 2. The molecule has 3 fully saturated rings. The van der Waals surface area contributed by atoms with Gasteiger partial charge in [-0.3, -0.25) is 0 Å². The van der Waals surface area contributed by atoms with Crippen molar-refractivity contribution in [2.45, 2.75) is 25.0 Å². The van der Waals surface area contributed by atoms with Gasteiger partial charge in [-0.1, -0.05) is 60.7 Å². The van der Waals surface area contributed by atoms with Gasteiger partial charge < -0.3 is 15.0 Å². The highest BCUT2D eigenvalue weighted by atomic mass is 16.6. The van der Waals surface area contributed by atoms with E-state index in [1.165, 1.54) is 12.8 Å². The van der Waals surface area contributed by atoms with Crippen molar-refractivity contribution in [1.82, 2.24) is 10.2 Å². The predicted molar refractivity (Wildman–Crippen MR) is 97.3 cm³/mol. The lowest BCUT2D eigenvalue weighted by Gasteiger charge is -2.44. The smallest absolute Gasteiger partial charge is 0.408 e. The van der Waals surface area contributed by atoms with Crippen molar-refractivity contribution >= 4 is 6.09 Å². The number of piperidine rings is 3. The zero-order chi connectivity index (χ0) is 17.1.